The number of benzene rings is 1. The Bertz CT molecular complexity index is 610. The van der Waals surface area contributed by atoms with E-state index in [0.29, 0.717) is 23.9 Å². The van der Waals surface area contributed by atoms with E-state index in [9.17, 15) is 4.79 Å². The van der Waals surface area contributed by atoms with E-state index < -0.39 is 0 Å². The number of aromatic nitrogens is 3. The van der Waals surface area contributed by atoms with Crippen LogP contribution in [0.1, 0.15) is 31.5 Å². The van der Waals surface area contributed by atoms with Crippen LogP contribution in [-0.4, -0.2) is 27.3 Å². The lowest BCUT2D eigenvalue weighted by molar-refractivity contribution is 0.0885. The van der Waals surface area contributed by atoms with Crippen LogP contribution in [0.5, 0.6) is 6.01 Å². The molecular weight excluding hydrogens is 278 g/mol. The highest BCUT2D eigenvalue weighted by Crippen LogP contribution is 2.23. The van der Waals surface area contributed by atoms with Crippen LogP contribution in [-0.2, 0) is 0 Å². The smallest absolute Gasteiger partial charge is 0.336 e. The topological polar surface area (TPSA) is 57.0 Å². The van der Waals surface area contributed by atoms with Gasteiger partial charge in [0, 0.05) is 17.0 Å². The fraction of sp³-hybridized carbons (Fsp3) is 0.357. The number of hydrogen-bond donors (Lipinski definition) is 0. The zero-order valence-electron chi connectivity index (χ0n) is 11.5. The molecule has 0 saturated heterocycles. The average Bonchev–Trinajstić information content (AvgIpc) is 2.83. The summed E-state index contributed by atoms with van der Waals surface area (Å²) < 4.78 is 6.57. The summed E-state index contributed by atoms with van der Waals surface area (Å²) in [5.41, 5.74) is 0.736. The fourth-order valence-corrected chi connectivity index (χ4v) is 1.98. The third-order valence-corrected chi connectivity index (χ3v) is 2.88. The van der Waals surface area contributed by atoms with Gasteiger partial charge in [0.2, 0.25) is 5.91 Å². The second kappa shape index (κ2) is 6.52. The second-order valence-electron chi connectivity index (χ2n) is 4.22. The second-order valence-corrected chi connectivity index (χ2v) is 4.65. The summed E-state index contributed by atoms with van der Waals surface area (Å²) in [6.07, 6.45) is 1.15. The van der Waals surface area contributed by atoms with Gasteiger partial charge in [0.05, 0.1) is 6.61 Å². The van der Waals surface area contributed by atoms with Crippen molar-refractivity contribution in [2.75, 3.05) is 6.61 Å². The Morgan fingerprint density at radius 2 is 2.20 bits per heavy atom. The summed E-state index contributed by atoms with van der Waals surface area (Å²) in [4.78, 5) is 16.4. The molecule has 0 fully saturated rings. The number of carbonyl (C=O) groups excluding carboxylic acids is 1. The van der Waals surface area contributed by atoms with Crippen molar-refractivity contribution < 1.29 is 9.53 Å². The maximum atomic E-state index is 12.1. The number of rotatable bonds is 5. The van der Waals surface area contributed by atoms with Gasteiger partial charge in [-0.1, -0.05) is 30.7 Å². The van der Waals surface area contributed by atoms with Crippen molar-refractivity contribution in [3.63, 3.8) is 0 Å². The van der Waals surface area contributed by atoms with Gasteiger partial charge in [0.15, 0.2) is 5.82 Å². The van der Waals surface area contributed by atoms with E-state index in [1.807, 2.05) is 19.9 Å². The zero-order chi connectivity index (χ0) is 14.5. The molecule has 1 aromatic carbocycles. The highest BCUT2D eigenvalue weighted by atomic mass is 35.5. The third-order valence-electron chi connectivity index (χ3n) is 2.64. The van der Waals surface area contributed by atoms with Gasteiger partial charge in [-0.2, -0.15) is 9.67 Å². The molecule has 1 aromatic heterocycles. The van der Waals surface area contributed by atoms with E-state index in [4.69, 9.17) is 16.3 Å². The van der Waals surface area contributed by atoms with Gasteiger partial charge in [-0.3, -0.25) is 4.79 Å². The molecule has 2 rings (SSSR count). The van der Waals surface area contributed by atoms with Crippen molar-refractivity contribution in [1.29, 1.82) is 0 Å². The van der Waals surface area contributed by atoms with Crippen LogP contribution >= 0.6 is 11.6 Å². The van der Waals surface area contributed by atoms with Crippen LogP contribution in [0, 0.1) is 0 Å². The highest BCUT2D eigenvalue weighted by molar-refractivity contribution is 6.30. The van der Waals surface area contributed by atoms with E-state index in [-0.39, 0.29) is 11.9 Å². The van der Waals surface area contributed by atoms with Crippen LogP contribution in [0.2, 0.25) is 5.02 Å². The maximum Gasteiger partial charge on any atom is 0.336 e. The van der Waals surface area contributed by atoms with E-state index >= 15 is 0 Å². The molecule has 0 unspecified atom stereocenters. The van der Waals surface area contributed by atoms with Gasteiger partial charge < -0.3 is 4.74 Å². The lowest BCUT2D eigenvalue weighted by atomic mass is 10.2. The van der Waals surface area contributed by atoms with Gasteiger partial charge in [0.25, 0.3) is 0 Å². The maximum absolute atomic E-state index is 12.1. The van der Waals surface area contributed by atoms with Crippen molar-refractivity contribution in [3.8, 4) is 17.4 Å². The monoisotopic (exact) mass is 293 g/mol. The molecule has 0 aliphatic carbocycles. The van der Waals surface area contributed by atoms with Gasteiger partial charge >= 0.3 is 6.01 Å². The predicted molar refractivity (Wildman–Crippen MR) is 77.2 cm³/mol. The molecular formula is C14H16ClN3O2. The Morgan fingerprint density at radius 3 is 2.85 bits per heavy atom. The molecule has 0 N–H and O–H groups in total. The molecule has 5 nitrogen and oxygen atoms in total. The Kier molecular flexibility index (Phi) is 4.74. The molecule has 0 saturated carbocycles. The van der Waals surface area contributed by atoms with Crippen LogP contribution < -0.4 is 4.74 Å². The van der Waals surface area contributed by atoms with Crippen molar-refractivity contribution in [3.05, 3.63) is 29.3 Å². The van der Waals surface area contributed by atoms with Crippen LogP contribution in [0.15, 0.2) is 24.3 Å². The first-order chi connectivity index (χ1) is 9.65. The molecule has 20 heavy (non-hydrogen) atoms. The molecule has 0 spiro atoms. The molecule has 0 radical (unpaired) electrons. The van der Waals surface area contributed by atoms with E-state index in [2.05, 4.69) is 10.1 Å². The average molecular weight is 294 g/mol. The molecule has 1 heterocycles. The Morgan fingerprint density at radius 1 is 1.40 bits per heavy atom. The quantitative estimate of drug-likeness (QED) is 0.847. The summed E-state index contributed by atoms with van der Waals surface area (Å²) in [5.74, 6) is 0.343. The summed E-state index contributed by atoms with van der Waals surface area (Å²) >= 11 is 5.98. The van der Waals surface area contributed by atoms with Crippen LogP contribution in [0.25, 0.3) is 11.4 Å². The van der Waals surface area contributed by atoms with E-state index in [0.717, 1.165) is 12.0 Å². The van der Waals surface area contributed by atoms with Gasteiger partial charge in [-0.25, -0.2) is 0 Å². The van der Waals surface area contributed by atoms with Gasteiger partial charge in [-0.15, -0.1) is 5.10 Å². The third kappa shape index (κ3) is 3.17. The Balaban J connectivity index is 2.46. The van der Waals surface area contributed by atoms with Crippen molar-refractivity contribution >= 4 is 17.5 Å². The summed E-state index contributed by atoms with van der Waals surface area (Å²) in [6, 6.07) is 7.36. The molecule has 6 heteroatoms. The zero-order valence-corrected chi connectivity index (χ0v) is 12.2. The van der Waals surface area contributed by atoms with E-state index in [1.165, 1.54) is 4.68 Å². The van der Waals surface area contributed by atoms with E-state index in [1.54, 1.807) is 18.2 Å². The SMILES string of the molecule is CCCC(=O)n1nc(OCC)nc1-c1cccc(Cl)c1. The normalized spacial score (nSPS) is 10.6. The summed E-state index contributed by atoms with van der Waals surface area (Å²) in [6.45, 7) is 4.23. The van der Waals surface area contributed by atoms with Crippen LogP contribution in [0.4, 0.5) is 0 Å². The lowest BCUT2D eigenvalue weighted by Crippen LogP contribution is -2.13. The van der Waals surface area contributed by atoms with Crippen LogP contribution in [0.3, 0.4) is 0 Å². The van der Waals surface area contributed by atoms with Crippen molar-refractivity contribution in [2.24, 2.45) is 0 Å². The largest absolute Gasteiger partial charge is 0.463 e. The number of halogens is 1. The molecule has 0 atom stereocenters. The molecule has 2 aromatic rings. The van der Waals surface area contributed by atoms with Crippen molar-refractivity contribution in [2.45, 2.75) is 26.7 Å². The fourth-order valence-electron chi connectivity index (χ4n) is 1.79. The molecule has 106 valence electrons. The number of ether oxygens (including phenoxy) is 1. The van der Waals surface area contributed by atoms with Gasteiger partial charge in [0.1, 0.15) is 0 Å². The molecule has 0 aliphatic rings. The minimum absolute atomic E-state index is 0.110. The first-order valence-electron chi connectivity index (χ1n) is 6.54. The minimum atomic E-state index is -0.110. The van der Waals surface area contributed by atoms with Crippen molar-refractivity contribution in [1.82, 2.24) is 14.8 Å². The number of hydrogen-bond acceptors (Lipinski definition) is 4. The van der Waals surface area contributed by atoms with Gasteiger partial charge in [-0.05, 0) is 25.5 Å². The highest BCUT2D eigenvalue weighted by Gasteiger charge is 2.17. The molecule has 0 amide bonds. The minimum Gasteiger partial charge on any atom is -0.463 e. The first-order valence-corrected chi connectivity index (χ1v) is 6.92. The molecule has 0 bridgehead atoms. The first kappa shape index (κ1) is 14.5. The Hall–Kier alpha value is -1.88. The molecule has 0 aliphatic heterocycles. The number of nitrogens with zero attached hydrogens (tertiary/aromatic N) is 3. The summed E-state index contributed by atoms with van der Waals surface area (Å²) in [5, 5.41) is 4.70. The number of carbonyl (C=O) groups is 1. The lowest BCUT2D eigenvalue weighted by Gasteiger charge is -2.03. The predicted octanol–water partition coefficient (Wildman–Crippen LogP) is 3.44. The summed E-state index contributed by atoms with van der Waals surface area (Å²) in [7, 11) is 0. The Labute approximate surface area is 122 Å². The standard InChI is InChI=1S/C14H16ClN3O2/c1-3-6-12(19)18-13(16-14(17-18)20-4-2)10-7-5-8-11(15)9-10/h5,7-9H,3-4,6H2,1-2H3.